The van der Waals surface area contributed by atoms with E-state index in [0.29, 0.717) is 0 Å². The minimum atomic E-state index is 0.0972. The van der Waals surface area contributed by atoms with E-state index in [0.717, 1.165) is 82.1 Å². The van der Waals surface area contributed by atoms with Crippen molar-refractivity contribution >= 4 is 34.5 Å². The summed E-state index contributed by atoms with van der Waals surface area (Å²) in [5.74, 6) is 1.19. The molecule has 1 heterocycles. The summed E-state index contributed by atoms with van der Waals surface area (Å²) in [4.78, 5) is 8.86. The largest absolute Gasteiger partial charge is 0.384 e. The molecule has 0 spiro atoms. The standard InChI is InChI=1S/C33H44N6OS/c1-4-37(5-2)22-23-39(41-29-11-8-7-9-12-29)28-18-19-31-30(25-28)36-32(38(31)21-10-24-40-6-3)20-15-26-13-16-27(17-14-26)33(34)35/h7-9,11-14,16-19,25H,4-6,10,15,20-24H2,1-3H3,(H3,34,35). The molecule has 0 aliphatic heterocycles. The van der Waals surface area contributed by atoms with Crippen molar-refractivity contribution in [3.05, 3.63) is 89.7 Å². The van der Waals surface area contributed by atoms with Crippen LogP contribution in [0.1, 0.15) is 44.1 Å². The quantitative estimate of drug-likeness (QED) is 0.0661. The van der Waals surface area contributed by atoms with Crippen molar-refractivity contribution in [1.82, 2.24) is 14.5 Å². The van der Waals surface area contributed by atoms with Gasteiger partial charge in [-0.3, -0.25) is 5.41 Å². The van der Waals surface area contributed by atoms with Gasteiger partial charge in [-0.2, -0.15) is 0 Å². The fraction of sp³-hybridized carbons (Fsp3) is 0.394. The highest BCUT2D eigenvalue weighted by atomic mass is 32.2. The fourth-order valence-corrected chi connectivity index (χ4v) is 5.87. The van der Waals surface area contributed by atoms with Crippen LogP contribution in [0.25, 0.3) is 11.0 Å². The third-order valence-electron chi connectivity index (χ3n) is 7.35. The summed E-state index contributed by atoms with van der Waals surface area (Å²) >= 11 is 1.79. The number of anilines is 1. The highest BCUT2D eigenvalue weighted by Gasteiger charge is 2.16. The molecule has 0 radical (unpaired) electrons. The van der Waals surface area contributed by atoms with Crippen LogP contribution in [-0.4, -0.2) is 59.7 Å². The summed E-state index contributed by atoms with van der Waals surface area (Å²) in [6, 6.07) is 25.3. The van der Waals surface area contributed by atoms with Gasteiger partial charge in [0.05, 0.1) is 11.0 Å². The highest BCUT2D eigenvalue weighted by Crippen LogP contribution is 2.31. The average Bonchev–Trinajstić information content (AvgIpc) is 3.35. The van der Waals surface area contributed by atoms with Crippen molar-refractivity contribution < 1.29 is 4.74 Å². The second-order valence-electron chi connectivity index (χ2n) is 10.0. The Bertz CT molecular complexity index is 1370. The van der Waals surface area contributed by atoms with Gasteiger partial charge in [0.1, 0.15) is 11.7 Å². The lowest BCUT2D eigenvalue weighted by molar-refractivity contribution is 0.141. The number of nitrogens with two attached hydrogens (primary N) is 1. The number of rotatable bonds is 17. The summed E-state index contributed by atoms with van der Waals surface area (Å²) in [7, 11) is 0. The van der Waals surface area contributed by atoms with Crippen LogP contribution < -0.4 is 10.0 Å². The molecule has 0 amide bonds. The van der Waals surface area contributed by atoms with E-state index >= 15 is 0 Å². The zero-order chi connectivity index (χ0) is 29.0. The molecule has 0 saturated heterocycles. The van der Waals surface area contributed by atoms with Crippen molar-refractivity contribution in [2.75, 3.05) is 43.7 Å². The first-order valence-electron chi connectivity index (χ1n) is 14.8. The fourth-order valence-electron chi connectivity index (χ4n) is 4.95. The molecule has 4 aromatic rings. The third kappa shape index (κ3) is 8.58. The maximum atomic E-state index is 7.65. The average molecular weight is 573 g/mol. The molecule has 0 unspecified atom stereocenters. The molecule has 0 aliphatic rings. The SMILES string of the molecule is CCOCCCn1c(CCc2ccc(C(=N)N)cc2)nc2cc(N(CCN(CC)CC)Sc3ccccc3)ccc21. The first-order valence-corrected chi connectivity index (χ1v) is 15.5. The van der Waals surface area contributed by atoms with Crippen LogP contribution in [0.3, 0.4) is 0 Å². The number of nitrogens with one attached hydrogen (secondary N) is 1. The van der Waals surface area contributed by atoms with Crippen molar-refractivity contribution in [3.63, 3.8) is 0 Å². The van der Waals surface area contributed by atoms with E-state index < -0.39 is 0 Å². The molecule has 0 fully saturated rings. The predicted octanol–water partition coefficient (Wildman–Crippen LogP) is 6.39. The maximum absolute atomic E-state index is 7.65. The molecule has 0 atom stereocenters. The molecule has 218 valence electrons. The topological polar surface area (TPSA) is 83.4 Å². The molecular weight excluding hydrogens is 528 g/mol. The number of ether oxygens (including phenoxy) is 1. The van der Waals surface area contributed by atoms with E-state index in [9.17, 15) is 0 Å². The number of hydrogen-bond acceptors (Lipinski definition) is 6. The van der Waals surface area contributed by atoms with Crippen LogP contribution in [0.15, 0.2) is 77.7 Å². The maximum Gasteiger partial charge on any atom is 0.122 e. The van der Waals surface area contributed by atoms with Gasteiger partial charge in [0, 0.05) is 55.4 Å². The summed E-state index contributed by atoms with van der Waals surface area (Å²) < 4.78 is 10.4. The van der Waals surface area contributed by atoms with E-state index in [4.69, 9.17) is 20.9 Å². The second kappa shape index (κ2) is 15.6. The number of hydrogen-bond donors (Lipinski definition) is 2. The Balaban J connectivity index is 1.61. The van der Waals surface area contributed by atoms with E-state index in [-0.39, 0.29) is 5.84 Å². The number of amidine groups is 1. The van der Waals surface area contributed by atoms with Gasteiger partial charge in [-0.15, -0.1) is 0 Å². The number of aryl methyl sites for hydroxylation is 3. The molecule has 3 aromatic carbocycles. The van der Waals surface area contributed by atoms with Gasteiger partial charge >= 0.3 is 0 Å². The van der Waals surface area contributed by atoms with Gasteiger partial charge in [0.2, 0.25) is 0 Å². The van der Waals surface area contributed by atoms with E-state index in [1.807, 2.05) is 19.1 Å². The van der Waals surface area contributed by atoms with Crippen molar-refractivity contribution in [2.45, 2.75) is 51.5 Å². The molecule has 4 rings (SSSR count). The van der Waals surface area contributed by atoms with Gasteiger partial charge in [-0.1, -0.05) is 56.3 Å². The smallest absolute Gasteiger partial charge is 0.122 e. The Labute approximate surface area is 249 Å². The first kappa shape index (κ1) is 30.6. The van der Waals surface area contributed by atoms with Crippen LogP contribution in [-0.2, 0) is 24.1 Å². The second-order valence-corrected chi connectivity index (χ2v) is 11.1. The van der Waals surface area contributed by atoms with Gasteiger partial charge in [-0.25, -0.2) is 4.98 Å². The number of nitrogen functional groups attached to an aromatic ring is 1. The summed E-state index contributed by atoms with van der Waals surface area (Å²) in [6.45, 7) is 12.9. The normalized spacial score (nSPS) is 11.4. The van der Waals surface area contributed by atoms with Gasteiger partial charge in [0.15, 0.2) is 0 Å². The monoisotopic (exact) mass is 572 g/mol. The number of likely N-dealkylation sites (N-methyl/N-ethyl adjacent to an activating group) is 1. The number of aromatic nitrogens is 2. The summed E-state index contributed by atoms with van der Waals surface area (Å²) in [5.41, 5.74) is 11.0. The van der Waals surface area contributed by atoms with Crippen LogP contribution >= 0.6 is 11.9 Å². The first-order chi connectivity index (χ1) is 20.0. The highest BCUT2D eigenvalue weighted by molar-refractivity contribution is 8.00. The van der Waals surface area contributed by atoms with E-state index in [2.05, 4.69) is 88.3 Å². The van der Waals surface area contributed by atoms with Crippen molar-refractivity contribution in [3.8, 4) is 0 Å². The molecule has 3 N–H and O–H groups in total. The number of nitrogens with zero attached hydrogens (tertiary/aromatic N) is 4. The molecule has 8 heteroatoms. The Kier molecular flexibility index (Phi) is 11.7. The summed E-state index contributed by atoms with van der Waals surface area (Å²) in [5, 5.41) is 7.65. The lowest BCUT2D eigenvalue weighted by Gasteiger charge is -2.27. The molecule has 41 heavy (non-hydrogen) atoms. The molecule has 0 bridgehead atoms. The predicted molar refractivity (Wildman–Crippen MR) is 173 cm³/mol. The van der Waals surface area contributed by atoms with Crippen molar-refractivity contribution in [2.24, 2.45) is 5.73 Å². The zero-order valence-electron chi connectivity index (χ0n) is 24.7. The van der Waals surface area contributed by atoms with Gasteiger partial charge < -0.3 is 24.2 Å². The molecule has 1 aromatic heterocycles. The van der Waals surface area contributed by atoms with Gasteiger partial charge in [0.25, 0.3) is 0 Å². The molecule has 0 saturated carbocycles. The number of fused-ring (bicyclic) bond motifs is 1. The van der Waals surface area contributed by atoms with E-state index in [1.54, 1.807) is 11.9 Å². The third-order valence-corrected chi connectivity index (χ3v) is 8.44. The Morgan fingerprint density at radius 3 is 2.39 bits per heavy atom. The molecule has 0 aliphatic carbocycles. The van der Waals surface area contributed by atoms with Crippen molar-refractivity contribution in [1.29, 1.82) is 5.41 Å². The Morgan fingerprint density at radius 2 is 1.71 bits per heavy atom. The molecular formula is C33H44N6OS. The minimum Gasteiger partial charge on any atom is -0.384 e. The lowest BCUT2D eigenvalue weighted by Crippen LogP contribution is -2.32. The Hall–Kier alpha value is -3.33. The number of imidazole rings is 1. The molecule has 7 nitrogen and oxygen atoms in total. The van der Waals surface area contributed by atoms with Gasteiger partial charge in [-0.05, 0) is 80.7 Å². The summed E-state index contributed by atoms with van der Waals surface area (Å²) in [6.07, 6.45) is 2.66. The van der Waals surface area contributed by atoms with Crippen LogP contribution in [0.2, 0.25) is 0 Å². The van der Waals surface area contributed by atoms with Crippen LogP contribution in [0.5, 0.6) is 0 Å². The number of benzene rings is 3. The zero-order valence-corrected chi connectivity index (χ0v) is 25.5. The Morgan fingerprint density at radius 1 is 0.951 bits per heavy atom. The minimum absolute atomic E-state index is 0.0972. The van der Waals surface area contributed by atoms with E-state index in [1.165, 1.54) is 21.7 Å². The van der Waals surface area contributed by atoms with Crippen LogP contribution in [0, 0.1) is 5.41 Å². The van der Waals surface area contributed by atoms with Crippen LogP contribution in [0.4, 0.5) is 5.69 Å². The lowest BCUT2D eigenvalue weighted by atomic mass is 10.1.